The molecule has 1 aromatic rings. The molecule has 0 radical (unpaired) electrons. The van der Waals surface area contributed by atoms with Crippen LogP contribution in [-0.4, -0.2) is 21.3 Å². The van der Waals surface area contributed by atoms with E-state index >= 15 is 0 Å². The Morgan fingerprint density at radius 3 is 2.36 bits per heavy atom. The molecule has 1 N–H and O–H groups in total. The van der Waals surface area contributed by atoms with Gasteiger partial charge in [-0.2, -0.15) is 5.48 Å². The molecule has 4 nitrogen and oxygen atoms in total. The average molecular weight is 197 g/mol. The first-order valence-electron chi connectivity index (χ1n) is 4.28. The van der Waals surface area contributed by atoms with Gasteiger partial charge >= 0.3 is 0 Å². The maximum Gasteiger partial charge on any atom is 0.161 e. The Morgan fingerprint density at radius 1 is 1.07 bits per heavy atom. The van der Waals surface area contributed by atoms with Crippen molar-refractivity contribution in [3.8, 4) is 11.5 Å². The van der Waals surface area contributed by atoms with Crippen LogP contribution in [0.25, 0.3) is 0 Å². The highest BCUT2D eigenvalue weighted by Gasteiger charge is 2.03. The third-order valence-corrected chi connectivity index (χ3v) is 1.87. The quantitative estimate of drug-likeness (QED) is 0.723. The summed E-state index contributed by atoms with van der Waals surface area (Å²) in [4.78, 5) is 4.75. The van der Waals surface area contributed by atoms with Crippen LogP contribution in [0.5, 0.6) is 11.5 Å². The first-order valence-corrected chi connectivity index (χ1v) is 4.28. The number of hydrogen-bond acceptors (Lipinski definition) is 4. The van der Waals surface area contributed by atoms with Gasteiger partial charge in [0.25, 0.3) is 0 Å². The van der Waals surface area contributed by atoms with Crippen LogP contribution in [0.3, 0.4) is 0 Å². The molecule has 0 fully saturated rings. The van der Waals surface area contributed by atoms with Crippen molar-refractivity contribution >= 4 is 0 Å². The number of ether oxygens (including phenoxy) is 2. The summed E-state index contributed by atoms with van der Waals surface area (Å²) in [6, 6.07) is 5.73. The molecule has 0 aliphatic carbocycles. The second-order valence-corrected chi connectivity index (χ2v) is 2.71. The molecule has 0 spiro atoms. The lowest BCUT2D eigenvalue weighted by Crippen LogP contribution is -2.10. The maximum absolute atomic E-state index is 5.16. The molecular formula is C10H15NO3. The van der Waals surface area contributed by atoms with Crippen molar-refractivity contribution in [3.63, 3.8) is 0 Å². The molecule has 0 bridgehead atoms. The fraction of sp³-hybridized carbons (Fsp3) is 0.400. The van der Waals surface area contributed by atoms with Crippen LogP contribution >= 0.6 is 0 Å². The van der Waals surface area contributed by atoms with Crippen LogP contribution in [-0.2, 0) is 11.4 Å². The molecular weight excluding hydrogens is 182 g/mol. The monoisotopic (exact) mass is 197 g/mol. The molecule has 1 aromatic carbocycles. The molecule has 0 saturated heterocycles. The Labute approximate surface area is 83.7 Å². The lowest BCUT2D eigenvalue weighted by atomic mass is 10.2. The average Bonchev–Trinajstić information content (AvgIpc) is 2.25. The second-order valence-electron chi connectivity index (χ2n) is 2.71. The number of nitrogens with one attached hydrogen (secondary N) is 1. The summed E-state index contributed by atoms with van der Waals surface area (Å²) in [6.45, 7) is 0.636. The smallest absolute Gasteiger partial charge is 0.161 e. The van der Waals surface area contributed by atoms with E-state index in [0.717, 1.165) is 17.1 Å². The zero-order valence-corrected chi connectivity index (χ0v) is 8.66. The van der Waals surface area contributed by atoms with Gasteiger partial charge in [0.15, 0.2) is 11.5 Å². The molecule has 0 aliphatic heterocycles. The van der Waals surface area contributed by atoms with Crippen molar-refractivity contribution in [2.45, 2.75) is 6.54 Å². The van der Waals surface area contributed by atoms with Crippen LogP contribution in [0.1, 0.15) is 5.56 Å². The molecule has 4 heteroatoms. The minimum atomic E-state index is 0.636. The second kappa shape index (κ2) is 5.47. The number of methoxy groups -OCH3 is 2. The van der Waals surface area contributed by atoms with Crippen molar-refractivity contribution < 1.29 is 14.3 Å². The van der Waals surface area contributed by atoms with E-state index < -0.39 is 0 Å². The predicted octanol–water partition coefficient (Wildman–Crippen LogP) is 1.35. The Balaban J connectivity index is 2.79. The zero-order chi connectivity index (χ0) is 10.4. The topological polar surface area (TPSA) is 39.7 Å². The Morgan fingerprint density at radius 2 is 1.79 bits per heavy atom. The van der Waals surface area contributed by atoms with Gasteiger partial charge in [-0.15, -0.1) is 0 Å². The Kier molecular flexibility index (Phi) is 4.22. The van der Waals surface area contributed by atoms with E-state index in [9.17, 15) is 0 Å². The van der Waals surface area contributed by atoms with Crippen LogP contribution in [0.2, 0.25) is 0 Å². The molecule has 78 valence electrons. The number of hydroxylamine groups is 1. The minimum Gasteiger partial charge on any atom is -0.493 e. The van der Waals surface area contributed by atoms with Crippen LogP contribution in [0.4, 0.5) is 0 Å². The third kappa shape index (κ3) is 2.61. The van der Waals surface area contributed by atoms with Crippen molar-refractivity contribution in [3.05, 3.63) is 23.8 Å². The third-order valence-electron chi connectivity index (χ3n) is 1.87. The number of hydrogen-bond donors (Lipinski definition) is 1. The molecule has 0 heterocycles. The van der Waals surface area contributed by atoms with Crippen molar-refractivity contribution in [1.29, 1.82) is 0 Å². The largest absolute Gasteiger partial charge is 0.493 e. The molecule has 0 aromatic heterocycles. The summed E-state index contributed by atoms with van der Waals surface area (Å²) in [5, 5.41) is 0. The number of rotatable bonds is 5. The van der Waals surface area contributed by atoms with Gasteiger partial charge in [-0.05, 0) is 17.7 Å². The summed E-state index contributed by atoms with van der Waals surface area (Å²) in [5.74, 6) is 1.46. The minimum absolute atomic E-state index is 0.636. The summed E-state index contributed by atoms with van der Waals surface area (Å²) in [6.07, 6.45) is 0. The lowest BCUT2D eigenvalue weighted by Gasteiger charge is -2.09. The first-order chi connectivity index (χ1) is 6.81. The summed E-state index contributed by atoms with van der Waals surface area (Å²) >= 11 is 0. The van der Waals surface area contributed by atoms with E-state index in [4.69, 9.17) is 14.3 Å². The Hall–Kier alpha value is -1.26. The highest BCUT2D eigenvalue weighted by atomic mass is 16.6. The van der Waals surface area contributed by atoms with Gasteiger partial charge in [0.2, 0.25) is 0 Å². The highest BCUT2D eigenvalue weighted by molar-refractivity contribution is 5.42. The zero-order valence-electron chi connectivity index (χ0n) is 8.66. The van der Waals surface area contributed by atoms with E-state index in [-0.39, 0.29) is 0 Å². The van der Waals surface area contributed by atoms with Gasteiger partial charge in [0, 0.05) is 6.54 Å². The van der Waals surface area contributed by atoms with E-state index in [1.54, 1.807) is 21.3 Å². The van der Waals surface area contributed by atoms with Gasteiger partial charge in [0.05, 0.1) is 21.3 Å². The molecule has 0 unspecified atom stereocenters. The van der Waals surface area contributed by atoms with Crippen LogP contribution < -0.4 is 15.0 Å². The predicted molar refractivity (Wildman–Crippen MR) is 53.4 cm³/mol. The molecule has 0 saturated carbocycles. The van der Waals surface area contributed by atoms with Crippen LogP contribution in [0.15, 0.2) is 18.2 Å². The molecule has 1 rings (SSSR count). The number of benzene rings is 1. The molecule has 0 aliphatic rings. The van der Waals surface area contributed by atoms with Gasteiger partial charge < -0.3 is 14.3 Å². The normalized spacial score (nSPS) is 9.93. The van der Waals surface area contributed by atoms with Crippen LogP contribution in [0, 0.1) is 0 Å². The highest BCUT2D eigenvalue weighted by Crippen LogP contribution is 2.27. The fourth-order valence-electron chi connectivity index (χ4n) is 1.15. The summed E-state index contributed by atoms with van der Waals surface area (Å²) in [7, 11) is 4.82. The van der Waals surface area contributed by atoms with Gasteiger partial charge in [-0.3, -0.25) is 0 Å². The van der Waals surface area contributed by atoms with Gasteiger partial charge in [-0.25, -0.2) is 0 Å². The van der Waals surface area contributed by atoms with Gasteiger partial charge in [0.1, 0.15) is 0 Å². The fourth-order valence-corrected chi connectivity index (χ4v) is 1.15. The summed E-state index contributed by atoms with van der Waals surface area (Å²) < 4.78 is 10.3. The van der Waals surface area contributed by atoms with Crippen molar-refractivity contribution in [1.82, 2.24) is 5.48 Å². The SMILES string of the molecule is CONCc1ccc(OC)c(OC)c1. The van der Waals surface area contributed by atoms with Crippen molar-refractivity contribution in [2.24, 2.45) is 0 Å². The standard InChI is InChI=1S/C10H15NO3/c1-12-9-5-4-8(7-11-14-3)6-10(9)13-2/h4-6,11H,7H2,1-3H3. The molecule has 0 atom stereocenters. The Bertz CT molecular complexity index is 289. The lowest BCUT2D eigenvalue weighted by molar-refractivity contribution is 0.0866. The van der Waals surface area contributed by atoms with E-state index in [1.165, 1.54) is 0 Å². The summed E-state index contributed by atoms with van der Waals surface area (Å²) in [5.41, 5.74) is 3.83. The van der Waals surface area contributed by atoms with E-state index in [1.807, 2.05) is 18.2 Å². The van der Waals surface area contributed by atoms with E-state index in [2.05, 4.69) is 5.48 Å². The first kappa shape index (κ1) is 10.8. The van der Waals surface area contributed by atoms with Gasteiger partial charge in [-0.1, -0.05) is 6.07 Å². The molecule has 0 amide bonds. The molecule has 14 heavy (non-hydrogen) atoms. The maximum atomic E-state index is 5.16. The van der Waals surface area contributed by atoms with Crippen molar-refractivity contribution in [2.75, 3.05) is 21.3 Å². The van der Waals surface area contributed by atoms with E-state index in [0.29, 0.717) is 6.54 Å².